The zero-order chi connectivity index (χ0) is 20.0. The first kappa shape index (κ1) is 18.8. The van der Waals surface area contributed by atoms with E-state index in [1.165, 1.54) is 0 Å². The Kier molecular flexibility index (Phi) is 4.91. The number of carbonyl (C=O) groups excluding carboxylic acids is 1. The van der Waals surface area contributed by atoms with Crippen molar-refractivity contribution in [3.05, 3.63) is 17.8 Å². The Morgan fingerprint density at radius 1 is 1.21 bits per heavy atom. The third kappa shape index (κ3) is 3.83. The molecule has 5 rings (SSSR count). The van der Waals surface area contributed by atoms with Gasteiger partial charge in [-0.25, -0.2) is 4.98 Å². The number of morpholine rings is 1. The number of piperidine rings is 1. The molecule has 3 saturated heterocycles. The molecule has 3 aliphatic heterocycles. The number of aromatic nitrogens is 2. The van der Waals surface area contributed by atoms with Crippen LogP contribution in [0.4, 0.5) is 6.01 Å². The molecule has 5 heterocycles. The molecule has 0 aliphatic carbocycles. The summed E-state index contributed by atoms with van der Waals surface area (Å²) < 4.78 is 11.6. The highest BCUT2D eigenvalue weighted by atomic mass is 16.5. The van der Waals surface area contributed by atoms with E-state index in [0.717, 1.165) is 57.7 Å². The molecule has 3 fully saturated rings. The summed E-state index contributed by atoms with van der Waals surface area (Å²) in [5.41, 5.74) is 2.29. The lowest BCUT2D eigenvalue weighted by Gasteiger charge is -2.33. The Labute approximate surface area is 170 Å². The average Bonchev–Trinajstić information content (AvgIpc) is 3.30. The van der Waals surface area contributed by atoms with E-state index in [2.05, 4.69) is 32.0 Å². The number of carbonyl (C=O) groups is 1. The SMILES string of the molecule is Cc1ccc2oc(N3CCC(C(=O)N[C@@H]4C[C@H]5CO[C@@H](C)CN5C4)CC3)nc2n1. The third-order valence-electron chi connectivity index (χ3n) is 6.46. The first-order valence-electron chi connectivity index (χ1n) is 10.7. The molecule has 1 N–H and O–H groups in total. The number of amides is 1. The second-order valence-electron chi connectivity index (χ2n) is 8.73. The summed E-state index contributed by atoms with van der Waals surface area (Å²) in [6.07, 6.45) is 2.91. The number of anilines is 1. The monoisotopic (exact) mass is 399 g/mol. The van der Waals surface area contributed by atoms with Crippen molar-refractivity contribution < 1.29 is 13.9 Å². The molecule has 0 radical (unpaired) electrons. The van der Waals surface area contributed by atoms with Crippen molar-refractivity contribution in [3.63, 3.8) is 0 Å². The largest absolute Gasteiger partial charge is 0.422 e. The van der Waals surface area contributed by atoms with Crippen LogP contribution in [0.1, 0.15) is 31.9 Å². The Morgan fingerprint density at radius 3 is 2.86 bits per heavy atom. The second-order valence-corrected chi connectivity index (χ2v) is 8.73. The van der Waals surface area contributed by atoms with E-state index < -0.39 is 0 Å². The molecule has 3 aliphatic rings. The zero-order valence-electron chi connectivity index (χ0n) is 17.1. The van der Waals surface area contributed by atoms with Crippen LogP contribution in [0, 0.1) is 12.8 Å². The summed E-state index contributed by atoms with van der Waals surface area (Å²) in [4.78, 5) is 26.3. The first-order chi connectivity index (χ1) is 14.0. The van der Waals surface area contributed by atoms with Crippen LogP contribution in [-0.2, 0) is 9.53 Å². The number of nitrogens with one attached hydrogen (secondary N) is 1. The van der Waals surface area contributed by atoms with Gasteiger partial charge in [-0.2, -0.15) is 4.98 Å². The maximum Gasteiger partial charge on any atom is 0.299 e. The Morgan fingerprint density at radius 2 is 2.03 bits per heavy atom. The van der Waals surface area contributed by atoms with Gasteiger partial charge in [0.15, 0.2) is 5.58 Å². The molecular formula is C21H29N5O3. The lowest BCUT2D eigenvalue weighted by molar-refractivity contribution is -0.126. The average molecular weight is 399 g/mol. The van der Waals surface area contributed by atoms with Crippen LogP contribution >= 0.6 is 0 Å². The van der Waals surface area contributed by atoms with Gasteiger partial charge in [-0.15, -0.1) is 0 Å². The van der Waals surface area contributed by atoms with Crippen LogP contribution in [0.2, 0.25) is 0 Å². The van der Waals surface area contributed by atoms with Crippen molar-refractivity contribution in [2.45, 2.75) is 51.3 Å². The molecule has 8 heteroatoms. The van der Waals surface area contributed by atoms with Crippen LogP contribution in [0.15, 0.2) is 16.5 Å². The minimum atomic E-state index is 0.0591. The molecule has 0 unspecified atom stereocenters. The van der Waals surface area contributed by atoms with E-state index in [1.807, 2.05) is 19.1 Å². The summed E-state index contributed by atoms with van der Waals surface area (Å²) in [7, 11) is 0. The predicted octanol–water partition coefficient (Wildman–Crippen LogP) is 1.73. The molecule has 29 heavy (non-hydrogen) atoms. The predicted molar refractivity (Wildman–Crippen MR) is 109 cm³/mol. The molecule has 0 spiro atoms. The van der Waals surface area contributed by atoms with Gasteiger partial charge in [0.25, 0.3) is 6.01 Å². The van der Waals surface area contributed by atoms with Crippen LogP contribution in [0.25, 0.3) is 11.2 Å². The third-order valence-corrected chi connectivity index (χ3v) is 6.46. The number of hydrogen-bond donors (Lipinski definition) is 1. The lowest BCUT2D eigenvalue weighted by Crippen LogP contribution is -2.46. The number of oxazole rings is 1. The van der Waals surface area contributed by atoms with Crippen molar-refractivity contribution in [3.8, 4) is 0 Å². The van der Waals surface area contributed by atoms with Crippen molar-refractivity contribution in [2.75, 3.05) is 37.7 Å². The fourth-order valence-electron chi connectivity index (χ4n) is 4.83. The maximum absolute atomic E-state index is 12.8. The number of rotatable bonds is 3. The molecule has 2 aromatic heterocycles. The maximum atomic E-state index is 12.8. The summed E-state index contributed by atoms with van der Waals surface area (Å²) >= 11 is 0. The highest BCUT2D eigenvalue weighted by molar-refractivity contribution is 5.79. The highest BCUT2D eigenvalue weighted by Crippen LogP contribution is 2.27. The molecule has 0 saturated carbocycles. The van der Waals surface area contributed by atoms with Crippen LogP contribution in [0.5, 0.6) is 0 Å². The van der Waals surface area contributed by atoms with Gasteiger partial charge in [0, 0.05) is 49.9 Å². The van der Waals surface area contributed by atoms with E-state index in [4.69, 9.17) is 9.15 Å². The molecule has 0 aromatic carbocycles. The fraction of sp³-hybridized carbons (Fsp3) is 0.667. The minimum absolute atomic E-state index is 0.0591. The van der Waals surface area contributed by atoms with Gasteiger partial charge < -0.3 is 19.4 Å². The van der Waals surface area contributed by atoms with E-state index >= 15 is 0 Å². The molecule has 1 amide bonds. The number of ether oxygens (including phenoxy) is 1. The molecule has 2 aromatic rings. The van der Waals surface area contributed by atoms with Crippen LogP contribution in [0.3, 0.4) is 0 Å². The van der Waals surface area contributed by atoms with Gasteiger partial charge in [0.1, 0.15) is 0 Å². The number of nitrogens with zero attached hydrogens (tertiary/aromatic N) is 4. The minimum Gasteiger partial charge on any atom is -0.422 e. The van der Waals surface area contributed by atoms with Crippen LogP contribution in [-0.4, -0.2) is 71.7 Å². The molecule has 3 atom stereocenters. The number of hydrogen-bond acceptors (Lipinski definition) is 7. The summed E-state index contributed by atoms with van der Waals surface area (Å²) in [5.74, 6) is 0.252. The number of aryl methyl sites for hydroxylation is 1. The smallest absolute Gasteiger partial charge is 0.299 e. The summed E-state index contributed by atoms with van der Waals surface area (Å²) in [6, 6.07) is 5.14. The van der Waals surface area contributed by atoms with Gasteiger partial charge in [-0.05, 0) is 45.2 Å². The normalized spacial score (nSPS) is 28.6. The van der Waals surface area contributed by atoms with Crippen LogP contribution < -0.4 is 10.2 Å². The van der Waals surface area contributed by atoms with Crippen molar-refractivity contribution in [1.82, 2.24) is 20.2 Å². The summed E-state index contributed by atoms with van der Waals surface area (Å²) in [6.45, 7) is 8.30. The topological polar surface area (TPSA) is 83.7 Å². The van der Waals surface area contributed by atoms with Gasteiger partial charge in [0.2, 0.25) is 11.6 Å². The number of pyridine rings is 1. The Balaban J connectivity index is 1.15. The second kappa shape index (κ2) is 7.57. The number of fused-ring (bicyclic) bond motifs is 2. The quantitative estimate of drug-likeness (QED) is 0.841. The van der Waals surface area contributed by atoms with Crippen molar-refractivity contribution >= 4 is 23.2 Å². The zero-order valence-corrected chi connectivity index (χ0v) is 17.1. The lowest BCUT2D eigenvalue weighted by atomic mass is 9.95. The van der Waals surface area contributed by atoms with E-state index in [-0.39, 0.29) is 24.0 Å². The van der Waals surface area contributed by atoms with Crippen molar-refractivity contribution in [2.24, 2.45) is 5.92 Å². The van der Waals surface area contributed by atoms with Gasteiger partial charge in [-0.1, -0.05) is 0 Å². The standard InChI is InChI=1S/C21H29N5O3/c1-13-3-4-18-19(22-13)24-21(29-18)25-7-5-15(6-8-25)20(27)23-16-9-17-12-28-14(2)10-26(17)11-16/h3-4,14-17H,5-12H2,1-2H3,(H,23,27)/t14-,16+,17-/m0/s1. The fourth-order valence-corrected chi connectivity index (χ4v) is 4.83. The first-order valence-corrected chi connectivity index (χ1v) is 10.7. The molecule has 156 valence electrons. The van der Waals surface area contributed by atoms with Gasteiger partial charge in [0.05, 0.1) is 12.7 Å². The highest BCUT2D eigenvalue weighted by Gasteiger charge is 2.38. The van der Waals surface area contributed by atoms with Crippen molar-refractivity contribution in [1.29, 1.82) is 0 Å². The summed E-state index contributed by atoms with van der Waals surface area (Å²) in [5, 5.41) is 3.30. The van der Waals surface area contributed by atoms with Gasteiger partial charge in [-0.3, -0.25) is 9.69 Å². The molecular weight excluding hydrogens is 370 g/mol. The van der Waals surface area contributed by atoms with E-state index in [0.29, 0.717) is 23.3 Å². The van der Waals surface area contributed by atoms with E-state index in [1.54, 1.807) is 0 Å². The Bertz CT molecular complexity index is 892. The van der Waals surface area contributed by atoms with E-state index in [9.17, 15) is 4.79 Å². The van der Waals surface area contributed by atoms with Gasteiger partial charge >= 0.3 is 0 Å². The Hall–Kier alpha value is -2.19. The molecule has 0 bridgehead atoms. The molecule has 8 nitrogen and oxygen atoms in total.